The van der Waals surface area contributed by atoms with E-state index in [2.05, 4.69) is 20.3 Å². The number of aromatic nitrogens is 4. The average Bonchev–Trinajstić information content (AvgIpc) is 3.18. The molecule has 1 N–H and O–H groups in total. The third kappa shape index (κ3) is 3.76. The molecule has 7 nitrogen and oxygen atoms in total. The van der Waals surface area contributed by atoms with E-state index in [-0.39, 0.29) is 11.9 Å². The van der Waals surface area contributed by atoms with Gasteiger partial charge in [0.05, 0.1) is 17.9 Å². The van der Waals surface area contributed by atoms with Crippen LogP contribution in [0.2, 0.25) is 0 Å². The molecule has 1 aliphatic heterocycles. The number of amides is 1. The second-order valence-corrected chi connectivity index (χ2v) is 6.48. The molecule has 3 aromatic rings. The highest BCUT2D eigenvalue weighted by Crippen LogP contribution is 2.32. The molecule has 1 fully saturated rings. The summed E-state index contributed by atoms with van der Waals surface area (Å²) in [6, 6.07) is 11.5. The van der Waals surface area contributed by atoms with Crippen molar-refractivity contribution in [1.82, 2.24) is 24.8 Å². The SMILES string of the molecule is Cc1cccc(Nc2cccc(C3CCCN3C(=O)c3cnccn3)n2)n1. The fourth-order valence-corrected chi connectivity index (χ4v) is 3.32. The van der Waals surface area contributed by atoms with Gasteiger partial charge in [0, 0.05) is 24.6 Å². The quantitative estimate of drug-likeness (QED) is 0.768. The zero-order chi connectivity index (χ0) is 18.6. The predicted molar refractivity (Wildman–Crippen MR) is 102 cm³/mol. The molecule has 0 saturated carbocycles. The standard InChI is InChI=1S/C20H20N6O/c1-14-5-2-8-18(23-14)25-19-9-3-6-15(24-19)17-7-4-12-26(17)20(27)16-13-21-10-11-22-16/h2-3,5-6,8-11,13,17H,4,7,12H2,1H3,(H,23,24,25). The van der Waals surface area contributed by atoms with Gasteiger partial charge in [-0.05, 0) is 44.0 Å². The van der Waals surface area contributed by atoms with Crippen molar-refractivity contribution in [2.75, 3.05) is 11.9 Å². The smallest absolute Gasteiger partial charge is 0.274 e. The summed E-state index contributed by atoms with van der Waals surface area (Å²) in [4.78, 5) is 32.0. The summed E-state index contributed by atoms with van der Waals surface area (Å²) in [7, 11) is 0. The van der Waals surface area contributed by atoms with Crippen LogP contribution in [-0.2, 0) is 0 Å². The number of anilines is 2. The van der Waals surface area contributed by atoms with Crippen molar-refractivity contribution < 1.29 is 4.79 Å². The summed E-state index contributed by atoms with van der Waals surface area (Å²) in [6.07, 6.45) is 6.43. The Bertz CT molecular complexity index is 946. The molecule has 7 heteroatoms. The lowest BCUT2D eigenvalue weighted by Crippen LogP contribution is -2.31. The van der Waals surface area contributed by atoms with Crippen molar-refractivity contribution >= 4 is 17.5 Å². The summed E-state index contributed by atoms with van der Waals surface area (Å²) in [5.41, 5.74) is 2.16. The third-order valence-electron chi connectivity index (χ3n) is 4.55. The fraction of sp³-hybridized carbons (Fsp3) is 0.250. The molecular formula is C20H20N6O. The van der Waals surface area contributed by atoms with E-state index in [9.17, 15) is 4.79 Å². The van der Waals surface area contributed by atoms with Crippen molar-refractivity contribution in [3.05, 3.63) is 72.1 Å². The first-order chi connectivity index (χ1) is 13.2. The van der Waals surface area contributed by atoms with Crippen LogP contribution in [0.4, 0.5) is 11.6 Å². The average molecular weight is 360 g/mol. The minimum Gasteiger partial charge on any atom is -0.329 e. The molecule has 0 radical (unpaired) electrons. The van der Waals surface area contributed by atoms with E-state index in [1.54, 1.807) is 6.20 Å². The summed E-state index contributed by atoms with van der Waals surface area (Å²) in [6.45, 7) is 2.64. The number of likely N-dealkylation sites (tertiary alicyclic amines) is 1. The third-order valence-corrected chi connectivity index (χ3v) is 4.55. The van der Waals surface area contributed by atoms with Gasteiger partial charge in [-0.1, -0.05) is 12.1 Å². The van der Waals surface area contributed by atoms with Gasteiger partial charge in [-0.15, -0.1) is 0 Å². The number of hydrogen-bond donors (Lipinski definition) is 1. The van der Waals surface area contributed by atoms with Gasteiger partial charge in [0.25, 0.3) is 5.91 Å². The van der Waals surface area contributed by atoms with Crippen LogP contribution in [-0.4, -0.2) is 37.3 Å². The number of nitrogens with one attached hydrogen (secondary N) is 1. The van der Waals surface area contributed by atoms with Crippen LogP contribution in [0.3, 0.4) is 0 Å². The largest absolute Gasteiger partial charge is 0.329 e. The fourth-order valence-electron chi connectivity index (χ4n) is 3.32. The van der Waals surface area contributed by atoms with E-state index in [4.69, 9.17) is 4.98 Å². The molecule has 1 saturated heterocycles. The zero-order valence-corrected chi connectivity index (χ0v) is 15.0. The van der Waals surface area contributed by atoms with Crippen molar-refractivity contribution in [1.29, 1.82) is 0 Å². The Labute approximate surface area is 157 Å². The number of carbonyl (C=O) groups is 1. The van der Waals surface area contributed by atoms with E-state index in [1.807, 2.05) is 48.2 Å². The second kappa shape index (κ2) is 7.49. The van der Waals surface area contributed by atoms with Gasteiger partial charge >= 0.3 is 0 Å². The van der Waals surface area contributed by atoms with Gasteiger partial charge in [0.1, 0.15) is 17.3 Å². The molecule has 1 aliphatic rings. The van der Waals surface area contributed by atoms with Crippen molar-refractivity contribution in [3.8, 4) is 0 Å². The van der Waals surface area contributed by atoms with Crippen molar-refractivity contribution in [3.63, 3.8) is 0 Å². The maximum Gasteiger partial charge on any atom is 0.274 e. The van der Waals surface area contributed by atoms with Crippen LogP contribution in [0.15, 0.2) is 55.0 Å². The Hall–Kier alpha value is -3.35. The first-order valence-corrected chi connectivity index (χ1v) is 8.95. The van der Waals surface area contributed by atoms with Crippen molar-refractivity contribution in [2.24, 2.45) is 0 Å². The monoisotopic (exact) mass is 360 g/mol. The van der Waals surface area contributed by atoms with E-state index in [0.29, 0.717) is 18.1 Å². The number of nitrogens with zero attached hydrogens (tertiary/aromatic N) is 5. The maximum atomic E-state index is 12.8. The van der Waals surface area contributed by atoms with Crippen LogP contribution in [0.5, 0.6) is 0 Å². The summed E-state index contributed by atoms with van der Waals surface area (Å²) in [5.74, 6) is 1.36. The van der Waals surface area contributed by atoms with Gasteiger partial charge in [0.2, 0.25) is 0 Å². The molecule has 4 heterocycles. The Morgan fingerprint density at radius 2 is 1.93 bits per heavy atom. The van der Waals surface area contributed by atoms with Crippen LogP contribution >= 0.6 is 0 Å². The molecule has 0 spiro atoms. The molecule has 27 heavy (non-hydrogen) atoms. The normalized spacial score (nSPS) is 16.3. The number of hydrogen-bond acceptors (Lipinski definition) is 6. The van der Waals surface area contributed by atoms with Gasteiger partial charge in [-0.2, -0.15) is 0 Å². The van der Waals surface area contributed by atoms with Gasteiger partial charge in [-0.3, -0.25) is 9.78 Å². The lowest BCUT2D eigenvalue weighted by atomic mass is 10.1. The zero-order valence-electron chi connectivity index (χ0n) is 15.0. The first-order valence-electron chi connectivity index (χ1n) is 8.95. The first kappa shape index (κ1) is 17.1. The lowest BCUT2D eigenvalue weighted by Gasteiger charge is -2.24. The highest BCUT2D eigenvalue weighted by Gasteiger charge is 2.32. The highest BCUT2D eigenvalue weighted by molar-refractivity contribution is 5.92. The Morgan fingerprint density at radius 3 is 2.70 bits per heavy atom. The lowest BCUT2D eigenvalue weighted by molar-refractivity contribution is 0.0726. The predicted octanol–water partition coefficient (Wildman–Crippen LogP) is 3.30. The topological polar surface area (TPSA) is 83.9 Å². The van der Waals surface area contributed by atoms with Crippen LogP contribution in [0.1, 0.15) is 40.8 Å². The minimum atomic E-state index is -0.105. The number of aryl methyl sites for hydroxylation is 1. The van der Waals surface area contributed by atoms with Crippen molar-refractivity contribution in [2.45, 2.75) is 25.8 Å². The molecule has 4 rings (SSSR count). The maximum absolute atomic E-state index is 12.8. The van der Waals surface area contributed by atoms with E-state index in [0.717, 1.165) is 30.0 Å². The molecule has 3 aromatic heterocycles. The second-order valence-electron chi connectivity index (χ2n) is 6.48. The van der Waals surface area contributed by atoms with Gasteiger partial charge in [-0.25, -0.2) is 15.0 Å². The molecule has 136 valence electrons. The molecule has 1 unspecified atom stereocenters. The summed E-state index contributed by atoms with van der Waals surface area (Å²) < 4.78 is 0. The minimum absolute atomic E-state index is 0.0632. The molecular weight excluding hydrogens is 340 g/mol. The summed E-state index contributed by atoms with van der Waals surface area (Å²) in [5, 5.41) is 3.24. The summed E-state index contributed by atoms with van der Waals surface area (Å²) >= 11 is 0. The van der Waals surface area contributed by atoms with Crippen LogP contribution in [0, 0.1) is 6.92 Å². The van der Waals surface area contributed by atoms with Crippen LogP contribution < -0.4 is 5.32 Å². The highest BCUT2D eigenvalue weighted by atomic mass is 16.2. The van der Waals surface area contributed by atoms with Gasteiger partial charge in [0.15, 0.2) is 0 Å². The van der Waals surface area contributed by atoms with E-state index < -0.39 is 0 Å². The molecule has 0 aliphatic carbocycles. The Morgan fingerprint density at radius 1 is 1.11 bits per heavy atom. The molecule has 0 bridgehead atoms. The number of pyridine rings is 2. The van der Waals surface area contributed by atoms with Crippen LogP contribution in [0.25, 0.3) is 0 Å². The number of rotatable bonds is 4. The number of carbonyl (C=O) groups excluding carboxylic acids is 1. The van der Waals surface area contributed by atoms with Gasteiger partial charge < -0.3 is 10.2 Å². The van der Waals surface area contributed by atoms with E-state index in [1.165, 1.54) is 12.4 Å². The molecule has 1 atom stereocenters. The Balaban J connectivity index is 1.56. The Kier molecular flexibility index (Phi) is 4.74. The molecule has 1 amide bonds. The van der Waals surface area contributed by atoms with E-state index >= 15 is 0 Å². The molecule has 0 aromatic carbocycles.